The van der Waals surface area contributed by atoms with Gasteiger partial charge in [-0.3, -0.25) is 0 Å². The lowest BCUT2D eigenvalue weighted by molar-refractivity contribution is -0.595. The van der Waals surface area contributed by atoms with Gasteiger partial charge in [0.15, 0.2) is 21.7 Å². The number of hydrogen-bond donors (Lipinski definition) is 0. The van der Waals surface area contributed by atoms with E-state index in [1.165, 1.54) is 30.8 Å². The summed E-state index contributed by atoms with van der Waals surface area (Å²) in [5.41, 5.74) is 0.715. The normalized spacial score (nSPS) is 15.0. The summed E-state index contributed by atoms with van der Waals surface area (Å²) in [7, 11) is -2.41. The fourth-order valence-electron chi connectivity index (χ4n) is 4.29. The highest BCUT2D eigenvalue weighted by atomic mass is 32.2. The van der Waals surface area contributed by atoms with E-state index in [0.717, 1.165) is 24.5 Å². The molecule has 190 valence electrons. The Balaban J connectivity index is 1.68. The predicted molar refractivity (Wildman–Crippen MR) is 130 cm³/mol. The lowest BCUT2D eigenvalue weighted by Crippen LogP contribution is -2.32. The summed E-state index contributed by atoms with van der Waals surface area (Å²) in [4.78, 5) is 4.05. The lowest BCUT2D eigenvalue weighted by atomic mass is 9.95. The number of aromatic nitrogens is 5. The van der Waals surface area contributed by atoms with Crippen LogP contribution < -0.4 is 4.73 Å². The molecule has 0 aliphatic heterocycles. The maximum absolute atomic E-state index is 13.8. The maximum Gasteiger partial charge on any atom is 0.288 e. The first-order valence-corrected chi connectivity index (χ1v) is 13.2. The van der Waals surface area contributed by atoms with Crippen molar-refractivity contribution < 1.29 is 21.9 Å². The maximum atomic E-state index is 13.8. The monoisotopic (exact) mass is 524 g/mol. The Labute approximate surface area is 211 Å². The van der Waals surface area contributed by atoms with Crippen molar-refractivity contribution in [3.05, 3.63) is 59.1 Å². The number of benzene rings is 1. The number of nitriles is 1. The summed E-state index contributed by atoms with van der Waals surface area (Å²) in [5.74, 6) is -3.57. The molecule has 3 heterocycles. The van der Waals surface area contributed by atoms with E-state index in [0.29, 0.717) is 22.8 Å². The van der Waals surface area contributed by atoms with Crippen LogP contribution in [0.5, 0.6) is 0 Å². The third kappa shape index (κ3) is 4.09. The molecule has 0 unspecified atom stereocenters. The Morgan fingerprint density at radius 2 is 1.86 bits per heavy atom. The smallest absolute Gasteiger partial charge is 0.288 e. The van der Waals surface area contributed by atoms with Crippen molar-refractivity contribution in [2.75, 3.05) is 5.75 Å². The van der Waals surface area contributed by atoms with Gasteiger partial charge in [-0.25, -0.2) is 13.4 Å². The van der Waals surface area contributed by atoms with Gasteiger partial charge < -0.3 is 9.77 Å². The van der Waals surface area contributed by atoms with E-state index in [1.54, 1.807) is 12.1 Å². The fraction of sp³-hybridized carbons (Fsp3) is 0.320. The molecular formula is C25H22F2N6O3S. The van der Waals surface area contributed by atoms with E-state index < -0.39 is 26.9 Å². The number of sulfone groups is 1. The van der Waals surface area contributed by atoms with Gasteiger partial charge in [0.2, 0.25) is 5.82 Å². The minimum atomic E-state index is -3.91. The molecule has 1 aliphatic rings. The van der Waals surface area contributed by atoms with Crippen LogP contribution in [0.25, 0.3) is 33.8 Å². The van der Waals surface area contributed by atoms with Gasteiger partial charge in [0, 0.05) is 19.5 Å². The molecule has 1 saturated carbocycles. The molecule has 0 bridgehead atoms. The Morgan fingerprint density at radius 1 is 1.19 bits per heavy atom. The van der Waals surface area contributed by atoms with E-state index in [1.807, 2.05) is 12.1 Å². The second kappa shape index (κ2) is 8.27. The number of hydrogen-bond acceptors (Lipinski definition) is 7. The number of alkyl halides is 2. The van der Waals surface area contributed by atoms with Crippen LogP contribution in [0.2, 0.25) is 0 Å². The van der Waals surface area contributed by atoms with Crippen molar-refractivity contribution in [2.24, 2.45) is 7.05 Å². The second-order valence-corrected chi connectivity index (χ2v) is 11.5. The van der Waals surface area contributed by atoms with Gasteiger partial charge in [-0.2, -0.15) is 18.8 Å². The third-order valence-corrected chi connectivity index (χ3v) is 8.47. The topological polar surface area (TPSA) is 128 Å². The van der Waals surface area contributed by atoms with Crippen LogP contribution in [-0.4, -0.2) is 33.9 Å². The van der Waals surface area contributed by atoms with E-state index in [4.69, 9.17) is 0 Å². The molecule has 0 N–H and O–H groups in total. The Hall–Kier alpha value is -3.98. The van der Waals surface area contributed by atoms with Gasteiger partial charge in [0.25, 0.3) is 11.6 Å². The van der Waals surface area contributed by atoms with Gasteiger partial charge in [0.1, 0.15) is 16.1 Å². The Kier molecular flexibility index (Phi) is 5.52. The molecule has 37 heavy (non-hydrogen) atoms. The number of rotatable bonds is 6. The summed E-state index contributed by atoms with van der Waals surface area (Å²) in [6.45, 7) is 2.14. The van der Waals surface area contributed by atoms with Gasteiger partial charge >= 0.3 is 0 Å². The largest absolute Gasteiger partial charge is 0.618 e. The zero-order valence-corrected chi connectivity index (χ0v) is 21.1. The van der Waals surface area contributed by atoms with Gasteiger partial charge in [-0.1, -0.05) is 31.2 Å². The van der Waals surface area contributed by atoms with Crippen LogP contribution >= 0.6 is 0 Å². The third-order valence-electron chi connectivity index (χ3n) is 6.72. The second-order valence-electron chi connectivity index (χ2n) is 9.26. The first-order chi connectivity index (χ1) is 17.4. The molecule has 12 heteroatoms. The minimum absolute atomic E-state index is 0.0468. The molecule has 5 rings (SSSR count). The summed E-state index contributed by atoms with van der Waals surface area (Å²) >= 11 is 0. The van der Waals surface area contributed by atoms with Gasteiger partial charge in [-0.05, 0) is 36.1 Å². The highest BCUT2D eigenvalue weighted by Crippen LogP contribution is 2.47. The zero-order valence-electron chi connectivity index (χ0n) is 20.2. The molecular weight excluding hydrogens is 502 g/mol. The molecule has 0 saturated heterocycles. The van der Waals surface area contributed by atoms with Crippen molar-refractivity contribution in [3.8, 4) is 28.7 Å². The van der Waals surface area contributed by atoms with Gasteiger partial charge in [-0.15, -0.1) is 10.2 Å². The molecule has 1 aromatic carbocycles. The number of imidazole rings is 1. The van der Waals surface area contributed by atoms with Crippen molar-refractivity contribution in [1.82, 2.24) is 19.7 Å². The van der Waals surface area contributed by atoms with Crippen LogP contribution in [0.15, 0.2) is 47.5 Å². The van der Waals surface area contributed by atoms with Crippen LogP contribution in [0.4, 0.5) is 8.78 Å². The molecule has 1 fully saturated rings. The number of fused-ring (bicyclic) bond motifs is 1. The summed E-state index contributed by atoms with van der Waals surface area (Å²) < 4.78 is 55.6. The molecule has 1 aliphatic carbocycles. The number of nitrogens with zero attached hydrogens (tertiary/aromatic N) is 6. The Bertz CT molecular complexity index is 1700. The summed E-state index contributed by atoms with van der Waals surface area (Å²) in [6, 6.07) is 11.9. The Morgan fingerprint density at radius 3 is 2.43 bits per heavy atom. The summed E-state index contributed by atoms with van der Waals surface area (Å²) in [6.07, 6.45) is 2.82. The standard InChI is InChI=1S/C25H22F2N6O3S/c1-4-37(35,36)19-11-16(15-5-7-17(8-6-15)25(14-28)9-10-25)13-33(34)21(19)23-29-18-12-20(24(2,26)27)30-31-22(18)32(23)3/h5-8,11-13H,4,9-10H2,1-3H3. The molecule has 9 nitrogen and oxygen atoms in total. The highest BCUT2D eigenvalue weighted by Gasteiger charge is 2.44. The number of aryl methyl sites for hydroxylation is 1. The number of halogens is 2. The molecule has 0 spiro atoms. The SMILES string of the molecule is CCS(=O)(=O)c1cc(-c2ccc(C3(C#N)CC3)cc2)c[n+]([O-])c1-c1nc2cc(C(C)(F)F)nnc2n1C. The average molecular weight is 525 g/mol. The summed E-state index contributed by atoms with van der Waals surface area (Å²) in [5, 5.41) is 30.2. The molecule has 4 aromatic rings. The van der Waals surface area contributed by atoms with E-state index in [9.17, 15) is 27.7 Å². The fourth-order valence-corrected chi connectivity index (χ4v) is 5.38. The van der Waals surface area contributed by atoms with Crippen molar-refractivity contribution in [3.63, 3.8) is 0 Å². The minimum Gasteiger partial charge on any atom is -0.618 e. The first kappa shape index (κ1) is 24.7. The lowest BCUT2D eigenvalue weighted by Gasteiger charge is -2.13. The van der Waals surface area contributed by atoms with Gasteiger partial charge in [0.05, 0.1) is 17.2 Å². The van der Waals surface area contributed by atoms with E-state index in [2.05, 4.69) is 21.3 Å². The first-order valence-electron chi connectivity index (χ1n) is 11.5. The highest BCUT2D eigenvalue weighted by molar-refractivity contribution is 7.91. The molecule has 0 atom stereocenters. The number of pyridine rings is 1. The molecule has 0 amide bonds. The predicted octanol–water partition coefficient (Wildman–Crippen LogP) is 3.79. The van der Waals surface area contributed by atoms with Crippen LogP contribution in [0, 0.1) is 16.5 Å². The average Bonchev–Trinajstić information content (AvgIpc) is 3.61. The quantitative estimate of drug-likeness (QED) is 0.277. The van der Waals surface area contributed by atoms with Crippen LogP contribution in [-0.2, 0) is 28.2 Å². The van der Waals surface area contributed by atoms with Crippen molar-refractivity contribution in [2.45, 2.75) is 42.9 Å². The van der Waals surface area contributed by atoms with Crippen molar-refractivity contribution >= 4 is 21.0 Å². The zero-order chi connectivity index (χ0) is 26.8. The van der Waals surface area contributed by atoms with E-state index >= 15 is 0 Å². The van der Waals surface area contributed by atoms with E-state index in [-0.39, 0.29) is 33.3 Å². The molecule has 0 radical (unpaired) electrons. The molecule has 3 aromatic heterocycles. The van der Waals surface area contributed by atoms with Crippen LogP contribution in [0.1, 0.15) is 37.9 Å². The van der Waals surface area contributed by atoms with Crippen LogP contribution in [0.3, 0.4) is 0 Å². The van der Waals surface area contributed by atoms with Crippen molar-refractivity contribution in [1.29, 1.82) is 5.26 Å².